The first-order valence-electron chi connectivity index (χ1n) is 5.75. The number of morpholine rings is 1. The lowest BCUT2D eigenvalue weighted by Gasteiger charge is -2.32. The van der Waals surface area contributed by atoms with Crippen molar-refractivity contribution in [3.8, 4) is 5.88 Å². The molecule has 17 heavy (non-hydrogen) atoms. The van der Waals surface area contributed by atoms with Gasteiger partial charge < -0.3 is 19.5 Å². The van der Waals surface area contributed by atoms with Gasteiger partial charge in [0.25, 0.3) is 0 Å². The topological polar surface area (TPSA) is 67.7 Å². The van der Waals surface area contributed by atoms with E-state index in [1.54, 1.807) is 0 Å². The standard InChI is InChI=1S/C11H17N3O3/c1-2-16-11-5-10(12-8-13-11)14-3-4-17-9(6-14)7-15/h5,8-9,15H,2-4,6-7H2,1H3. The van der Waals surface area contributed by atoms with Crippen LogP contribution in [0.15, 0.2) is 12.4 Å². The van der Waals surface area contributed by atoms with E-state index in [4.69, 9.17) is 14.6 Å². The minimum absolute atomic E-state index is 0.0277. The molecule has 1 aromatic heterocycles. The van der Waals surface area contributed by atoms with Gasteiger partial charge in [-0.25, -0.2) is 9.97 Å². The fourth-order valence-corrected chi connectivity index (χ4v) is 1.77. The second-order valence-electron chi connectivity index (χ2n) is 3.77. The van der Waals surface area contributed by atoms with Crippen LogP contribution in [0.2, 0.25) is 0 Å². The highest BCUT2D eigenvalue weighted by Gasteiger charge is 2.21. The lowest BCUT2D eigenvalue weighted by Crippen LogP contribution is -2.44. The van der Waals surface area contributed by atoms with Crippen molar-refractivity contribution < 1.29 is 14.6 Å². The van der Waals surface area contributed by atoms with Crippen molar-refractivity contribution in [1.82, 2.24) is 9.97 Å². The van der Waals surface area contributed by atoms with E-state index in [9.17, 15) is 0 Å². The van der Waals surface area contributed by atoms with Gasteiger partial charge in [-0.15, -0.1) is 0 Å². The van der Waals surface area contributed by atoms with Crippen LogP contribution in [0.25, 0.3) is 0 Å². The second kappa shape index (κ2) is 5.79. The van der Waals surface area contributed by atoms with Crippen molar-refractivity contribution in [3.63, 3.8) is 0 Å². The van der Waals surface area contributed by atoms with E-state index < -0.39 is 0 Å². The van der Waals surface area contributed by atoms with Crippen molar-refractivity contribution in [2.75, 3.05) is 37.8 Å². The summed E-state index contributed by atoms with van der Waals surface area (Å²) >= 11 is 0. The van der Waals surface area contributed by atoms with E-state index in [1.807, 2.05) is 13.0 Å². The fourth-order valence-electron chi connectivity index (χ4n) is 1.77. The van der Waals surface area contributed by atoms with Crippen LogP contribution >= 0.6 is 0 Å². The van der Waals surface area contributed by atoms with Gasteiger partial charge in [-0.3, -0.25) is 0 Å². The quantitative estimate of drug-likeness (QED) is 0.802. The van der Waals surface area contributed by atoms with Crippen molar-refractivity contribution in [3.05, 3.63) is 12.4 Å². The highest BCUT2D eigenvalue weighted by molar-refractivity contribution is 5.41. The molecule has 0 aromatic carbocycles. The molecule has 1 saturated heterocycles. The number of rotatable bonds is 4. The molecule has 2 heterocycles. The minimum Gasteiger partial charge on any atom is -0.478 e. The largest absolute Gasteiger partial charge is 0.478 e. The Morgan fingerprint density at radius 1 is 1.59 bits per heavy atom. The smallest absolute Gasteiger partial charge is 0.218 e. The third kappa shape index (κ3) is 3.04. The summed E-state index contributed by atoms with van der Waals surface area (Å²) in [5, 5.41) is 9.09. The van der Waals surface area contributed by atoms with E-state index in [0.717, 1.165) is 12.4 Å². The lowest BCUT2D eigenvalue weighted by molar-refractivity contribution is 0.00334. The summed E-state index contributed by atoms with van der Waals surface area (Å²) in [7, 11) is 0. The molecule has 0 bridgehead atoms. The van der Waals surface area contributed by atoms with Crippen LogP contribution in [-0.2, 0) is 4.74 Å². The summed E-state index contributed by atoms with van der Waals surface area (Å²) in [4.78, 5) is 10.3. The highest BCUT2D eigenvalue weighted by atomic mass is 16.5. The molecule has 0 amide bonds. The summed E-state index contributed by atoms with van der Waals surface area (Å²) in [5.74, 6) is 1.38. The summed E-state index contributed by atoms with van der Waals surface area (Å²) in [6.07, 6.45) is 1.35. The molecule has 1 atom stereocenters. The van der Waals surface area contributed by atoms with Crippen LogP contribution < -0.4 is 9.64 Å². The maximum atomic E-state index is 9.09. The highest BCUT2D eigenvalue weighted by Crippen LogP contribution is 2.18. The molecule has 0 radical (unpaired) electrons. The number of anilines is 1. The maximum absolute atomic E-state index is 9.09. The predicted molar refractivity (Wildman–Crippen MR) is 62.2 cm³/mol. The van der Waals surface area contributed by atoms with E-state index in [1.165, 1.54) is 6.33 Å². The van der Waals surface area contributed by atoms with Crippen molar-refractivity contribution >= 4 is 5.82 Å². The number of aliphatic hydroxyl groups excluding tert-OH is 1. The van der Waals surface area contributed by atoms with Gasteiger partial charge in [0.2, 0.25) is 5.88 Å². The molecule has 6 heteroatoms. The first kappa shape index (κ1) is 12.1. The normalized spacial score (nSPS) is 20.4. The first-order valence-corrected chi connectivity index (χ1v) is 5.75. The average Bonchev–Trinajstić information content (AvgIpc) is 2.40. The van der Waals surface area contributed by atoms with Gasteiger partial charge in [0.15, 0.2) is 0 Å². The molecule has 6 nitrogen and oxygen atoms in total. The zero-order chi connectivity index (χ0) is 12.1. The van der Waals surface area contributed by atoms with Gasteiger partial charge >= 0.3 is 0 Å². The first-order chi connectivity index (χ1) is 8.33. The molecule has 0 saturated carbocycles. The van der Waals surface area contributed by atoms with Crippen LogP contribution in [0, 0.1) is 0 Å². The second-order valence-corrected chi connectivity index (χ2v) is 3.77. The summed E-state index contributed by atoms with van der Waals surface area (Å²) in [6, 6.07) is 1.81. The SMILES string of the molecule is CCOc1cc(N2CCOC(CO)C2)ncn1. The Hall–Kier alpha value is -1.40. The van der Waals surface area contributed by atoms with Gasteiger partial charge in [0.1, 0.15) is 12.1 Å². The minimum atomic E-state index is -0.144. The molecule has 94 valence electrons. The maximum Gasteiger partial charge on any atom is 0.218 e. The van der Waals surface area contributed by atoms with Crippen LogP contribution in [0.5, 0.6) is 5.88 Å². The van der Waals surface area contributed by atoms with Gasteiger partial charge in [-0.05, 0) is 6.92 Å². The number of hydrogen-bond donors (Lipinski definition) is 1. The number of aromatic nitrogens is 2. The lowest BCUT2D eigenvalue weighted by atomic mass is 10.3. The van der Waals surface area contributed by atoms with Crippen LogP contribution in [0.3, 0.4) is 0 Å². The Morgan fingerprint density at radius 2 is 2.47 bits per heavy atom. The van der Waals surface area contributed by atoms with Crippen LogP contribution in [-0.4, -0.2) is 54.1 Å². The molecule has 1 aromatic rings. The number of aliphatic hydroxyl groups is 1. The zero-order valence-electron chi connectivity index (χ0n) is 9.87. The summed E-state index contributed by atoms with van der Waals surface area (Å²) in [6.45, 7) is 4.52. The van der Waals surface area contributed by atoms with Crippen molar-refractivity contribution in [2.24, 2.45) is 0 Å². The fraction of sp³-hybridized carbons (Fsp3) is 0.636. The summed E-state index contributed by atoms with van der Waals surface area (Å²) < 4.78 is 10.7. The summed E-state index contributed by atoms with van der Waals surface area (Å²) in [5.41, 5.74) is 0. The van der Waals surface area contributed by atoms with E-state index in [0.29, 0.717) is 25.6 Å². The Labute approximate surface area is 100 Å². The number of nitrogens with zero attached hydrogens (tertiary/aromatic N) is 3. The van der Waals surface area contributed by atoms with Gasteiger partial charge in [-0.1, -0.05) is 0 Å². The monoisotopic (exact) mass is 239 g/mol. The van der Waals surface area contributed by atoms with E-state index in [-0.39, 0.29) is 12.7 Å². The van der Waals surface area contributed by atoms with Gasteiger partial charge in [0, 0.05) is 19.2 Å². The predicted octanol–water partition coefficient (Wildman–Crippen LogP) is 0.0728. The van der Waals surface area contributed by atoms with Crippen molar-refractivity contribution in [1.29, 1.82) is 0 Å². The molecule has 1 aliphatic heterocycles. The molecule has 1 unspecified atom stereocenters. The van der Waals surface area contributed by atoms with Crippen LogP contribution in [0.1, 0.15) is 6.92 Å². The van der Waals surface area contributed by atoms with E-state index in [2.05, 4.69) is 14.9 Å². The van der Waals surface area contributed by atoms with Crippen molar-refractivity contribution in [2.45, 2.75) is 13.0 Å². The Morgan fingerprint density at radius 3 is 3.24 bits per heavy atom. The Kier molecular flexibility index (Phi) is 4.11. The molecular weight excluding hydrogens is 222 g/mol. The van der Waals surface area contributed by atoms with Crippen LogP contribution in [0.4, 0.5) is 5.82 Å². The van der Waals surface area contributed by atoms with Gasteiger partial charge in [0.05, 0.1) is 25.9 Å². The third-order valence-electron chi connectivity index (χ3n) is 2.59. The molecule has 1 fully saturated rings. The Bertz CT molecular complexity index is 362. The van der Waals surface area contributed by atoms with E-state index >= 15 is 0 Å². The molecule has 0 aliphatic carbocycles. The zero-order valence-corrected chi connectivity index (χ0v) is 9.87. The molecule has 1 aliphatic rings. The third-order valence-corrected chi connectivity index (χ3v) is 2.59. The number of hydrogen-bond acceptors (Lipinski definition) is 6. The molecular formula is C11H17N3O3. The molecule has 1 N–H and O–H groups in total. The molecule has 0 spiro atoms. The van der Waals surface area contributed by atoms with Gasteiger partial charge in [-0.2, -0.15) is 0 Å². The average molecular weight is 239 g/mol. The molecule has 2 rings (SSSR count). The Balaban J connectivity index is 2.07. The number of ether oxygens (including phenoxy) is 2.